The van der Waals surface area contributed by atoms with Crippen molar-refractivity contribution in [3.05, 3.63) is 53.9 Å². The van der Waals surface area contributed by atoms with Crippen LogP contribution in [0.1, 0.15) is 42.9 Å². The van der Waals surface area contributed by atoms with Gasteiger partial charge in [0, 0.05) is 36.8 Å². The second-order valence-corrected chi connectivity index (χ2v) is 8.06. The molecule has 172 valence electrons. The third kappa shape index (κ3) is 5.53. The molecule has 6 nitrogen and oxygen atoms in total. The fraction of sp³-hybridized carbons (Fsp3) is 0.429. The number of aryl methyl sites for hydroxylation is 1. The molecule has 11 heteroatoms. The van der Waals surface area contributed by atoms with Gasteiger partial charge in [-0.2, -0.15) is 0 Å². The molecule has 1 heterocycles. The quantitative estimate of drug-likeness (QED) is 0.504. The van der Waals surface area contributed by atoms with Gasteiger partial charge >= 0.3 is 0 Å². The van der Waals surface area contributed by atoms with E-state index in [2.05, 4.69) is 15.3 Å². The van der Waals surface area contributed by atoms with Crippen molar-refractivity contribution >= 4 is 29.1 Å². The number of halogens is 5. The molecule has 2 amide bonds. The fourth-order valence-corrected chi connectivity index (χ4v) is 3.74. The number of carbonyl (C=O) groups is 2. The smallest absolute Gasteiger partial charge is 0.278 e. The number of anilines is 1. The number of carbonyl (C=O) groups excluding carboxylic acids is 2. The topological polar surface area (TPSA) is 75.2 Å². The van der Waals surface area contributed by atoms with Crippen molar-refractivity contribution in [3.8, 4) is 0 Å². The Kier molecular flexibility index (Phi) is 7.33. The van der Waals surface area contributed by atoms with E-state index in [1.54, 1.807) is 6.92 Å². The van der Waals surface area contributed by atoms with Gasteiger partial charge < -0.3 is 5.32 Å². The molecule has 2 atom stereocenters. The van der Waals surface area contributed by atoms with Crippen LogP contribution in [0.25, 0.3) is 0 Å². The summed E-state index contributed by atoms with van der Waals surface area (Å²) in [6, 6.07) is 1.66. The Labute approximate surface area is 187 Å². The third-order valence-corrected chi connectivity index (χ3v) is 5.44. The molecular formula is C21H21ClF4N4O2. The van der Waals surface area contributed by atoms with E-state index < -0.39 is 54.1 Å². The first-order chi connectivity index (χ1) is 15.1. The van der Waals surface area contributed by atoms with Gasteiger partial charge in [-0.1, -0.05) is 17.7 Å². The highest BCUT2D eigenvalue weighted by Gasteiger charge is 2.40. The van der Waals surface area contributed by atoms with E-state index in [4.69, 9.17) is 11.6 Å². The molecule has 0 spiro atoms. The second-order valence-electron chi connectivity index (χ2n) is 7.68. The number of hydrogen-bond donors (Lipinski definition) is 1. The normalized spacial score (nSPS) is 17.9. The van der Waals surface area contributed by atoms with Gasteiger partial charge in [0.1, 0.15) is 18.2 Å². The molecule has 0 saturated heterocycles. The molecule has 0 radical (unpaired) electrons. The summed E-state index contributed by atoms with van der Waals surface area (Å²) in [4.78, 5) is 34.2. The summed E-state index contributed by atoms with van der Waals surface area (Å²) < 4.78 is 55.7. The number of nitrogens with zero attached hydrogens (tertiary/aromatic N) is 3. The average Bonchev–Trinajstić information content (AvgIpc) is 2.74. The highest BCUT2D eigenvalue weighted by molar-refractivity contribution is 6.32. The lowest BCUT2D eigenvalue weighted by atomic mass is 9.92. The van der Waals surface area contributed by atoms with E-state index in [1.165, 1.54) is 30.9 Å². The Morgan fingerprint density at radius 2 is 1.84 bits per heavy atom. The van der Waals surface area contributed by atoms with Crippen LogP contribution in [0.2, 0.25) is 0 Å². The molecule has 0 aliphatic heterocycles. The molecule has 3 rings (SSSR count). The summed E-state index contributed by atoms with van der Waals surface area (Å²) in [5.74, 6) is -5.86. The first-order valence-electron chi connectivity index (χ1n) is 9.89. The standard InChI is InChI=1S/C21H21ClF4N4O2/c1-12-2-3-16(15(23)8-12)30(20(32)18(22)24)17(13-9-27-11-28-10-13)19(31)29-14-4-6-21(25,26)7-5-14/h2-3,8-11,14,17-18H,4-7H2,1H3,(H,29,31)/t17-,18-/m0/s1. The maximum absolute atomic E-state index is 14.8. The first-order valence-corrected chi connectivity index (χ1v) is 10.3. The van der Waals surface area contributed by atoms with E-state index in [0.717, 1.165) is 6.07 Å². The van der Waals surface area contributed by atoms with Crippen molar-refractivity contribution in [2.45, 2.75) is 56.2 Å². The van der Waals surface area contributed by atoms with E-state index in [9.17, 15) is 27.2 Å². The van der Waals surface area contributed by atoms with Crippen LogP contribution in [-0.2, 0) is 9.59 Å². The Bertz CT molecular complexity index is 968. The lowest BCUT2D eigenvalue weighted by molar-refractivity contribution is -0.128. The molecule has 0 unspecified atom stereocenters. The molecule has 1 aromatic heterocycles. The van der Waals surface area contributed by atoms with Crippen LogP contribution in [-0.4, -0.2) is 39.4 Å². The van der Waals surface area contributed by atoms with Gasteiger partial charge in [-0.25, -0.2) is 27.5 Å². The number of benzene rings is 1. The zero-order chi connectivity index (χ0) is 23.5. The van der Waals surface area contributed by atoms with Crippen LogP contribution >= 0.6 is 11.6 Å². The van der Waals surface area contributed by atoms with Crippen LogP contribution < -0.4 is 10.2 Å². The summed E-state index contributed by atoms with van der Waals surface area (Å²) in [6.07, 6.45) is 2.86. The van der Waals surface area contributed by atoms with Crippen molar-refractivity contribution in [1.82, 2.24) is 15.3 Å². The summed E-state index contributed by atoms with van der Waals surface area (Å²) in [5, 5.41) is 2.62. The summed E-state index contributed by atoms with van der Waals surface area (Å²) in [7, 11) is 0. The predicted octanol–water partition coefficient (Wildman–Crippen LogP) is 4.23. The van der Waals surface area contributed by atoms with Crippen LogP contribution in [0.5, 0.6) is 0 Å². The van der Waals surface area contributed by atoms with Crippen molar-refractivity contribution in [1.29, 1.82) is 0 Å². The van der Waals surface area contributed by atoms with E-state index in [-0.39, 0.29) is 24.1 Å². The first kappa shape index (κ1) is 23.9. The van der Waals surface area contributed by atoms with Gasteiger partial charge in [0.05, 0.1) is 5.69 Å². The number of aromatic nitrogens is 2. The minimum absolute atomic E-state index is 0.0187. The van der Waals surface area contributed by atoms with Gasteiger partial charge in [-0.15, -0.1) is 0 Å². The molecular weight excluding hydrogens is 452 g/mol. The number of hydrogen-bond acceptors (Lipinski definition) is 4. The van der Waals surface area contributed by atoms with Crippen molar-refractivity contribution in [2.24, 2.45) is 0 Å². The molecule has 1 aromatic carbocycles. The van der Waals surface area contributed by atoms with E-state index >= 15 is 0 Å². The Balaban J connectivity index is 2.01. The van der Waals surface area contributed by atoms with Crippen molar-refractivity contribution in [2.75, 3.05) is 4.90 Å². The molecule has 1 N–H and O–H groups in total. The number of rotatable bonds is 6. The van der Waals surface area contributed by atoms with Gasteiger partial charge in [0.2, 0.25) is 11.8 Å². The highest BCUT2D eigenvalue weighted by Crippen LogP contribution is 2.35. The lowest BCUT2D eigenvalue weighted by Crippen LogP contribution is -2.49. The van der Waals surface area contributed by atoms with Gasteiger partial charge in [-0.3, -0.25) is 14.5 Å². The summed E-state index contributed by atoms with van der Waals surface area (Å²) >= 11 is 5.39. The zero-order valence-electron chi connectivity index (χ0n) is 17.1. The Morgan fingerprint density at radius 3 is 2.41 bits per heavy atom. The van der Waals surface area contributed by atoms with Crippen LogP contribution in [0.15, 0.2) is 36.9 Å². The van der Waals surface area contributed by atoms with Crippen molar-refractivity contribution < 1.29 is 27.2 Å². The molecule has 1 saturated carbocycles. The van der Waals surface area contributed by atoms with Crippen molar-refractivity contribution in [3.63, 3.8) is 0 Å². The molecule has 2 aromatic rings. The zero-order valence-corrected chi connectivity index (χ0v) is 17.8. The second kappa shape index (κ2) is 9.81. The minimum atomic E-state index is -2.80. The third-order valence-electron chi connectivity index (χ3n) is 5.25. The minimum Gasteiger partial charge on any atom is -0.351 e. The summed E-state index contributed by atoms with van der Waals surface area (Å²) in [6.45, 7) is 1.62. The van der Waals surface area contributed by atoms with Gasteiger partial charge in [-0.05, 0) is 37.5 Å². The largest absolute Gasteiger partial charge is 0.351 e. The Hall–Kier alpha value is -2.75. The van der Waals surface area contributed by atoms with Crippen LogP contribution in [0.3, 0.4) is 0 Å². The van der Waals surface area contributed by atoms with Crippen LogP contribution in [0.4, 0.5) is 23.2 Å². The molecule has 1 aliphatic carbocycles. The number of amides is 2. The monoisotopic (exact) mass is 472 g/mol. The average molecular weight is 473 g/mol. The maximum atomic E-state index is 14.8. The Morgan fingerprint density at radius 1 is 1.22 bits per heavy atom. The molecule has 1 fully saturated rings. The predicted molar refractivity (Wildman–Crippen MR) is 109 cm³/mol. The lowest BCUT2D eigenvalue weighted by Gasteiger charge is -2.34. The van der Waals surface area contributed by atoms with E-state index in [0.29, 0.717) is 10.5 Å². The number of alkyl halides is 4. The SMILES string of the molecule is Cc1ccc(N(C(=O)[C@H](F)Cl)[C@H](C(=O)NC2CCC(F)(F)CC2)c2cncnc2)c(F)c1. The fourth-order valence-electron chi connectivity index (χ4n) is 3.63. The van der Waals surface area contributed by atoms with Crippen LogP contribution in [0, 0.1) is 12.7 Å². The maximum Gasteiger partial charge on any atom is 0.278 e. The number of nitrogens with one attached hydrogen (secondary N) is 1. The van der Waals surface area contributed by atoms with Gasteiger partial charge in [0.25, 0.3) is 11.5 Å². The molecule has 32 heavy (non-hydrogen) atoms. The highest BCUT2D eigenvalue weighted by atomic mass is 35.5. The molecule has 1 aliphatic rings. The van der Waals surface area contributed by atoms with E-state index in [1.807, 2.05) is 0 Å². The van der Waals surface area contributed by atoms with Gasteiger partial charge in [0.15, 0.2) is 0 Å². The summed E-state index contributed by atoms with van der Waals surface area (Å²) in [5.41, 5.74) is -2.34. The molecule has 0 bridgehead atoms.